The van der Waals surface area contributed by atoms with Crippen LogP contribution in [0, 0.1) is 20.8 Å². The van der Waals surface area contributed by atoms with E-state index in [4.69, 9.17) is 9.47 Å². The van der Waals surface area contributed by atoms with Gasteiger partial charge in [0, 0.05) is 16.8 Å². The maximum Gasteiger partial charge on any atom is 0.339 e. The summed E-state index contributed by atoms with van der Waals surface area (Å²) >= 11 is 0. The summed E-state index contributed by atoms with van der Waals surface area (Å²) in [6.45, 7) is 6.63. The van der Waals surface area contributed by atoms with Crippen molar-refractivity contribution in [2.75, 3.05) is 7.11 Å². The second kappa shape index (κ2) is 9.65. The number of esters is 2. The molecule has 0 aliphatic rings. The van der Waals surface area contributed by atoms with Crippen molar-refractivity contribution in [1.82, 2.24) is 4.98 Å². The van der Waals surface area contributed by atoms with Crippen LogP contribution < -0.4 is 0 Å². The van der Waals surface area contributed by atoms with Crippen LogP contribution in [0.2, 0.25) is 0 Å². The van der Waals surface area contributed by atoms with Gasteiger partial charge >= 0.3 is 11.9 Å². The fourth-order valence-corrected chi connectivity index (χ4v) is 3.61. The molecule has 3 rings (SSSR count). The van der Waals surface area contributed by atoms with Gasteiger partial charge in [-0.2, -0.15) is 0 Å². The summed E-state index contributed by atoms with van der Waals surface area (Å²) in [4.78, 5) is 53.7. The first kappa shape index (κ1) is 23.7. The number of aromatic amines is 1. The molecule has 7 heteroatoms. The highest BCUT2D eigenvalue weighted by Crippen LogP contribution is 2.22. The van der Waals surface area contributed by atoms with Crippen LogP contribution >= 0.6 is 0 Å². The second-order valence-electron chi connectivity index (χ2n) is 7.77. The van der Waals surface area contributed by atoms with Gasteiger partial charge in [0.25, 0.3) is 0 Å². The number of rotatable bonds is 7. The van der Waals surface area contributed by atoms with Gasteiger partial charge in [0.1, 0.15) is 0 Å². The third kappa shape index (κ3) is 4.77. The van der Waals surface area contributed by atoms with Gasteiger partial charge in [-0.05, 0) is 39.3 Å². The molecule has 0 radical (unpaired) electrons. The van der Waals surface area contributed by atoms with Crippen molar-refractivity contribution in [3.05, 3.63) is 93.3 Å². The molecule has 1 heterocycles. The lowest BCUT2D eigenvalue weighted by Gasteiger charge is -2.14. The Kier molecular flexibility index (Phi) is 6.92. The molecule has 0 fully saturated rings. The molecule has 1 aromatic heterocycles. The molecule has 0 aliphatic carbocycles. The minimum atomic E-state index is -1.15. The molecular formula is C26H25NO6. The molecule has 0 spiro atoms. The fraction of sp³-hybridized carbons (Fsp3) is 0.231. The third-order valence-corrected chi connectivity index (χ3v) is 5.43. The Balaban J connectivity index is 1.84. The summed E-state index contributed by atoms with van der Waals surface area (Å²) in [6, 6.07) is 13.3. The van der Waals surface area contributed by atoms with Gasteiger partial charge in [-0.3, -0.25) is 9.59 Å². The van der Waals surface area contributed by atoms with Crippen molar-refractivity contribution < 1.29 is 28.7 Å². The summed E-state index contributed by atoms with van der Waals surface area (Å²) in [5.74, 6) is -2.17. The van der Waals surface area contributed by atoms with Gasteiger partial charge in [0.15, 0.2) is 11.9 Å². The largest absolute Gasteiger partial charge is 0.465 e. The number of carbonyl (C=O) groups is 4. The molecule has 0 saturated heterocycles. The lowest BCUT2D eigenvalue weighted by atomic mass is 9.97. The number of Topliss-reactive ketones (excluding diaryl/α,β-unsaturated/α-hetero) is 1. The number of benzene rings is 2. The van der Waals surface area contributed by atoms with E-state index in [-0.39, 0.29) is 28.2 Å². The molecule has 3 aromatic rings. The molecule has 2 aromatic carbocycles. The monoisotopic (exact) mass is 447 g/mol. The predicted molar refractivity (Wildman–Crippen MR) is 122 cm³/mol. The van der Waals surface area contributed by atoms with Gasteiger partial charge in [-0.25, -0.2) is 9.59 Å². The predicted octanol–water partition coefficient (Wildman–Crippen LogP) is 4.39. The number of nitrogens with one attached hydrogen (secondary N) is 1. The highest BCUT2D eigenvalue weighted by Gasteiger charge is 2.28. The SMILES string of the molecule is COC(=O)c1c(C)[nH]c(C(=O)[C@H](C)OC(=O)c2ccccc2C(=O)c2ccc(C)cc2)c1C. The molecular weight excluding hydrogens is 422 g/mol. The lowest BCUT2D eigenvalue weighted by Crippen LogP contribution is -2.26. The first-order valence-corrected chi connectivity index (χ1v) is 10.4. The van der Waals surface area contributed by atoms with Crippen LogP contribution in [0.4, 0.5) is 0 Å². The molecule has 0 aliphatic heterocycles. The summed E-state index contributed by atoms with van der Waals surface area (Å²) in [5.41, 5.74) is 3.04. The molecule has 0 amide bonds. The zero-order chi connectivity index (χ0) is 24.3. The zero-order valence-electron chi connectivity index (χ0n) is 19.1. The van der Waals surface area contributed by atoms with Crippen LogP contribution in [-0.4, -0.2) is 41.7 Å². The van der Waals surface area contributed by atoms with Crippen LogP contribution in [0.3, 0.4) is 0 Å². The molecule has 0 unspecified atom stereocenters. The molecule has 7 nitrogen and oxygen atoms in total. The summed E-state index contributed by atoms with van der Waals surface area (Å²) in [5, 5.41) is 0. The Labute approximate surface area is 191 Å². The Bertz CT molecular complexity index is 1240. The van der Waals surface area contributed by atoms with E-state index in [2.05, 4.69) is 4.98 Å². The maximum atomic E-state index is 13.0. The van der Waals surface area contributed by atoms with E-state index >= 15 is 0 Å². The van der Waals surface area contributed by atoms with Crippen molar-refractivity contribution in [2.24, 2.45) is 0 Å². The summed E-state index contributed by atoms with van der Waals surface area (Å²) in [6.07, 6.45) is -1.15. The van der Waals surface area contributed by atoms with Crippen molar-refractivity contribution in [3.8, 4) is 0 Å². The van der Waals surface area contributed by atoms with Crippen LogP contribution in [0.15, 0.2) is 48.5 Å². The van der Waals surface area contributed by atoms with Gasteiger partial charge in [0.2, 0.25) is 5.78 Å². The second-order valence-corrected chi connectivity index (χ2v) is 7.77. The highest BCUT2D eigenvalue weighted by molar-refractivity contribution is 6.14. The van der Waals surface area contributed by atoms with Crippen LogP contribution in [0.25, 0.3) is 0 Å². The Morgan fingerprint density at radius 1 is 0.848 bits per heavy atom. The Hall–Kier alpha value is -4.00. The maximum absolute atomic E-state index is 13.0. The Morgan fingerprint density at radius 2 is 1.45 bits per heavy atom. The molecule has 0 bridgehead atoms. The fourth-order valence-electron chi connectivity index (χ4n) is 3.61. The minimum Gasteiger partial charge on any atom is -0.465 e. The molecule has 0 saturated carbocycles. The van der Waals surface area contributed by atoms with Crippen LogP contribution in [0.5, 0.6) is 0 Å². The minimum absolute atomic E-state index is 0.0670. The molecule has 33 heavy (non-hydrogen) atoms. The van der Waals surface area contributed by atoms with E-state index in [9.17, 15) is 19.2 Å². The van der Waals surface area contributed by atoms with Crippen molar-refractivity contribution in [3.63, 3.8) is 0 Å². The highest BCUT2D eigenvalue weighted by atomic mass is 16.5. The zero-order valence-corrected chi connectivity index (χ0v) is 19.1. The number of ether oxygens (including phenoxy) is 2. The van der Waals surface area contributed by atoms with E-state index in [1.54, 1.807) is 44.2 Å². The van der Waals surface area contributed by atoms with Gasteiger partial charge in [0.05, 0.1) is 23.9 Å². The average Bonchev–Trinajstić information content (AvgIpc) is 3.11. The summed E-state index contributed by atoms with van der Waals surface area (Å²) < 4.78 is 10.2. The number of hydrogen-bond acceptors (Lipinski definition) is 6. The number of carbonyl (C=O) groups excluding carboxylic acids is 4. The van der Waals surface area contributed by atoms with Gasteiger partial charge in [-0.1, -0.05) is 48.0 Å². The third-order valence-electron chi connectivity index (χ3n) is 5.43. The first-order valence-electron chi connectivity index (χ1n) is 10.4. The van der Waals surface area contributed by atoms with Crippen LogP contribution in [0.1, 0.15) is 70.9 Å². The van der Waals surface area contributed by atoms with Crippen LogP contribution in [-0.2, 0) is 9.47 Å². The van der Waals surface area contributed by atoms with Crippen molar-refractivity contribution in [2.45, 2.75) is 33.8 Å². The van der Waals surface area contributed by atoms with E-state index < -0.39 is 23.8 Å². The van der Waals surface area contributed by atoms with Gasteiger partial charge < -0.3 is 14.5 Å². The lowest BCUT2D eigenvalue weighted by molar-refractivity contribution is 0.0315. The smallest absolute Gasteiger partial charge is 0.339 e. The van der Waals surface area contributed by atoms with Gasteiger partial charge in [-0.15, -0.1) is 0 Å². The van der Waals surface area contributed by atoms with E-state index in [0.717, 1.165) is 5.56 Å². The normalized spacial score (nSPS) is 11.5. The molecule has 1 N–H and O–H groups in total. The van der Waals surface area contributed by atoms with E-state index in [1.165, 1.54) is 20.1 Å². The quantitative estimate of drug-likeness (QED) is 0.426. The number of methoxy groups -OCH3 is 1. The average molecular weight is 447 g/mol. The topological polar surface area (TPSA) is 103 Å². The number of aryl methyl sites for hydroxylation is 2. The molecule has 170 valence electrons. The summed E-state index contributed by atoms with van der Waals surface area (Å²) in [7, 11) is 1.26. The standard InChI is InChI=1S/C26H25NO6/c1-14-10-12-18(13-11-14)24(29)19-8-6-7-9-20(19)25(30)33-17(4)23(28)22-15(2)21(16(3)27-22)26(31)32-5/h6-13,17,27H,1-5H3/t17-/m0/s1. The number of hydrogen-bond donors (Lipinski definition) is 1. The number of aromatic nitrogens is 1. The van der Waals surface area contributed by atoms with Crippen molar-refractivity contribution >= 4 is 23.5 Å². The number of H-pyrrole nitrogens is 1. The molecule has 1 atom stereocenters. The van der Waals surface area contributed by atoms with Crippen molar-refractivity contribution in [1.29, 1.82) is 0 Å². The first-order chi connectivity index (χ1) is 15.6. The van der Waals surface area contributed by atoms with E-state index in [0.29, 0.717) is 16.8 Å². The Morgan fingerprint density at radius 3 is 2.06 bits per heavy atom. The number of ketones is 2. The van der Waals surface area contributed by atoms with E-state index in [1.807, 2.05) is 19.1 Å².